The van der Waals surface area contributed by atoms with Crippen LogP contribution in [0.5, 0.6) is 0 Å². The lowest BCUT2D eigenvalue weighted by Gasteiger charge is -2.12. The van der Waals surface area contributed by atoms with Gasteiger partial charge in [0.1, 0.15) is 0 Å². The molecule has 2 aromatic rings. The highest BCUT2D eigenvalue weighted by Crippen LogP contribution is 2.24. The smallest absolute Gasteiger partial charge is 0.334 e. The lowest BCUT2D eigenvalue weighted by atomic mass is 10.1. The van der Waals surface area contributed by atoms with Crippen molar-refractivity contribution in [3.05, 3.63) is 35.0 Å². The Labute approximate surface area is 122 Å². The summed E-state index contributed by atoms with van der Waals surface area (Å²) in [4.78, 5) is 26.3. The molecule has 112 valence electrons. The molecule has 0 aliphatic rings. The number of aryl methyl sites for hydroxylation is 2. The molecule has 21 heavy (non-hydrogen) atoms. The van der Waals surface area contributed by atoms with E-state index in [1.165, 1.54) is 7.11 Å². The van der Waals surface area contributed by atoms with Gasteiger partial charge in [0.15, 0.2) is 6.10 Å². The van der Waals surface area contributed by atoms with Crippen LogP contribution in [0.1, 0.15) is 21.6 Å². The third-order valence-corrected chi connectivity index (χ3v) is 3.60. The minimum atomic E-state index is -1.11. The van der Waals surface area contributed by atoms with Crippen LogP contribution in [0.25, 0.3) is 10.9 Å². The quantitative estimate of drug-likeness (QED) is 0.780. The van der Waals surface area contributed by atoms with Crippen LogP contribution in [0, 0.1) is 13.8 Å². The Morgan fingerprint density at radius 1 is 1.38 bits per heavy atom. The molecule has 1 amide bonds. The van der Waals surface area contributed by atoms with Crippen LogP contribution in [-0.2, 0) is 9.53 Å². The number of para-hydroxylation sites is 1. The molecule has 0 radical (unpaired) electrons. The van der Waals surface area contributed by atoms with Crippen molar-refractivity contribution < 1.29 is 19.4 Å². The lowest BCUT2D eigenvalue weighted by Crippen LogP contribution is -2.37. The van der Waals surface area contributed by atoms with E-state index in [-0.39, 0.29) is 12.5 Å². The van der Waals surface area contributed by atoms with Crippen molar-refractivity contribution in [1.82, 2.24) is 10.3 Å². The van der Waals surface area contributed by atoms with Crippen LogP contribution < -0.4 is 5.32 Å². The zero-order valence-corrected chi connectivity index (χ0v) is 12.2. The highest BCUT2D eigenvalue weighted by molar-refractivity contribution is 6.06. The van der Waals surface area contributed by atoms with Gasteiger partial charge in [-0.3, -0.25) is 4.79 Å². The van der Waals surface area contributed by atoms with Gasteiger partial charge in [-0.1, -0.05) is 12.1 Å². The molecule has 0 aliphatic carbocycles. The number of methoxy groups -OCH3 is 1. The van der Waals surface area contributed by atoms with Crippen LogP contribution in [-0.4, -0.2) is 41.7 Å². The first-order valence-corrected chi connectivity index (χ1v) is 6.57. The number of carboxylic acid groups (broad SMARTS) is 1. The second-order valence-electron chi connectivity index (χ2n) is 4.88. The number of benzene rings is 1. The van der Waals surface area contributed by atoms with E-state index in [0.29, 0.717) is 5.56 Å². The highest BCUT2D eigenvalue weighted by Gasteiger charge is 2.19. The number of hydrogen-bond acceptors (Lipinski definition) is 3. The second kappa shape index (κ2) is 5.97. The van der Waals surface area contributed by atoms with Gasteiger partial charge in [-0.15, -0.1) is 0 Å². The van der Waals surface area contributed by atoms with Crippen molar-refractivity contribution in [2.45, 2.75) is 20.0 Å². The summed E-state index contributed by atoms with van der Waals surface area (Å²) in [6.45, 7) is 3.85. The number of H-pyrrole nitrogens is 1. The van der Waals surface area contributed by atoms with E-state index in [1.54, 1.807) is 6.07 Å². The Bertz CT molecular complexity index is 690. The Kier molecular flexibility index (Phi) is 4.28. The van der Waals surface area contributed by atoms with Gasteiger partial charge in [0.05, 0.1) is 17.6 Å². The van der Waals surface area contributed by atoms with Crippen LogP contribution in [0.15, 0.2) is 18.2 Å². The van der Waals surface area contributed by atoms with Crippen LogP contribution in [0.2, 0.25) is 0 Å². The minimum absolute atomic E-state index is 0.0836. The molecular weight excluding hydrogens is 272 g/mol. The Balaban J connectivity index is 2.24. The Morgan fingerprint density at radius 3 is 2.71 bits per heavy atom. The van der Waals surface area contributed by atoms with Crippen molar-refractivity contribution in [2.75, 3.05) is 13.7 Å². The van der Waals surface area contributed by atoms with Gasteiger partial charge in [0.2, 0.25) is 0 Å². The van der Waals surface area contributed by atoms with E-state index < -0.39 is 12.1 Å². The monoisotopic (exact) mass is 290 g/mol. The average Bonchev–Trinajstić information content (AvgIpc) is 2.74. The number of ether oxygens (including phenoxy) is 1. The molecule has 1 unspecified atom stereocenters. The van der Waals surface area contributed by atoms with E-state index in [4.69, 9.17) is 9.84 Å². The van der Waals surface area contributed by atoms with Gasteiger partial charge in [0.25, 0.3) is 5.91 Å². The van der Waals surface area contributed by atoms with Gasteiger partial charge in [-0.25, -0.2) is 4.79 Å². The molecule has 3 N–H and O–H groups in total. The number of carbonyl (C=O) groups is 2. The van der Waals surface area contributed by atoms with Gasteiger partial charge in [-0.05, 0) is 25.5 Å². The molecule has 0 saturated carbocycles. The fourth-order valence-electron chi connectivity index (χ4n) is 2.22. The largest absolute Gasteiger partial charge is 0.479 e. The topological polar surface area (TPSA) is 91.4 Å². The molecule has 1 aromatic heterocycles. The van der Waals surface area contributed by atoms with Gasteiger partial charge >= 0.3 is 5.97 Å². The first kappa shape index (κ1) is 15.1. The summed E-state index contributed by atoms with van der Waals surface area (Å²) in [5.41, 5.74) is 3.35. The summed E-state index contributed by atoms with van der Waals surface area (Å²) < 4.78 is 4.79. The number of aromatic amines is 1. The molecule has 0 saturated heterocycles. The van der Waals surface area contributed by atoms with Crippen LogP contribution in [0.4, 0.5) is 0 Å². The van der Waals surface area contributed by atoms with Crippen molar-refractivity contribution in [3.63, 3.8) is 0 Å². The molecular formula is C15H18N2O4. The molecule has 6 nitrogen and oxygen atoms in total. The number of carbonyl (C=O) groups excluding carboxylic acids is 1. The highest BCUT2D eigenvalue weighted by atomic mass is 16.5. The third kappa shape index (κ3) is 2.90. The first-order chi connectivity index (χ1) is 9.95. The number of hydrogen-bond donors (Lipinski definition) is 3. The van der Waals surface area contributed by atoms with Crippen molar-refractivity contribution in [3.8, 4) is 0 Å². The zero-order chi connectivity index (χ0) is 15.6. The number of nitrogens with one attached hydrogen (secondary N) is 2. The van der Waals surface area contributed by atoms with Crippen LogP contribution >= 0.6 is 0 Å². The van der Waals surface area contributed by atoms with E-state index >= 15 is 0 Å². The standard InChI is InChI=1S/C15H18N2O4/c1-8-9(2)17-13-10(8)5-4-6-11(13)14(18)16-7-12(21-3)15(19)20/h4-6,12,17H,7H2,1-3H3,(H,16,18)(H,19,20). The maximum absolute atomic E-state index is 12.2. The summed E-state index contributed by atoms with van der Waals surface area (Å²) in [5.74, 6) is -1.44. The Morgan fingerprint density at radius 2 is 2.10 bits per heavy atom. The molecule has 1 atom stereocenters. The minimum Gasteiger partial charge on any atom is -0.479 e. The van der Waals surface area contributed by atoms with Gasteiger partial charge < -0.3 is 20.1 Å². The maximum atomic E-state index is 12.2. The lowest BCUT2D eigenvalue weighted by molar-refractivity contribution is -0.148. The normalized spacial score (nSPS) is 12.3. The fourth-order valence-corrected chi connectivity index (χ4v) is 2.22. The summed E-state index contributed by atoms with van der Waals surface area (Å²) in [7, 11) is 1.29. The molecule has 6 heteroatoms. The number of amides is 1. The van der Waals surface area contributed by atoms with E-state index in [1.807, 2.05) is 26.0 Å². The fraction of sp³-hybridized carbons (Fsp3) is 0.333. The predicted molar refractivity (Wildman–Crippen MR) is 78.5 cm³/mol. The van der Waals surface area contributed by atoms with Gasteiger partial charge in [0, 0.05) is 18.2 Å². The number of carboxylic acids is 1. The zero-order valence-electron chi connectivity index (χ0n) is 12.2. The summed E-state index contributed by atoms with van der Waals surface area (Å²) in [6, 6.07) is 5.46. The molecule has 2 rings (SSSR count). The van der Waals surface area contributed by atoms with Crippen molar-refractivity contribution in [1.29, 1.82) is 0 Å². The number of aliphatic carboxylic acids is 1. The van der Waals surface area contributed by atoms with E-state index in [2.05, 4.69) is 10.3 Å². The summed E-state index contributed by atoms with van der Waals surface area (Å²) >= 11 is 0. The summed E-state index contributed by atoms with van der Waals surface area (Å²) in [5, 5.41) is 12.5. The van der Waals surface area contributed by atoms with Crippen molar-refractivity contribution >= 4 is 22.8 Å². The average molecular weight is 290 g/mol. The van der Waals surface area contributed by atoms with Gasteiger partial charge in [-0.2, -0.15) is 0 Å². The number of fused-ring (bicyclic) bond motifs is 1. The molecule has 0 spiro atoms. The SMILES string of the molecule is COC(CNC(=O)c1cccc2c(C)c(C)[nH]c12)C(=O)O. The predicted octanol–water partition coefficient (Wildman–Crippen LogP) is 1.61. The molecule has 0 fully saturated rings. The van der Waals surface area contributed by atoms with E-state index in [0.717, 1.165) is 22.2 Å². The molecule has 1 aromatic carbocycles. The van der Waals surface area contributed by atoms with Crippen LogP contribution in [0.3, 0.4) is 0 Å². The Hall–Kier alpha value is -2.34. The number of rotatable bonds is 5. The molecule has 0 bridgehead atoms. The third-order valence-electron chi connectivity index (χ3n) is 3.60. The maximum Gasteiger partial charge on any atom is 0.334 e. The molecule has 1 heterocycles. The van der Waals surface area contributed by atoms with Crippen molar-refractivity contribution in [2.24, 2.45) is 0 Å². The first-order valence-electron chi connectivity index (χ1n) is 6.57. The number of aromatic nitrogens is 1. The second-order valence-corrected chi connectivity index (χ2v) is 4.88. The summed E-state index contributed by atoms with van der Waals surface area (Å²) in [6.07, 6.45) is -1.06. The van der Waals surface area contributed by atoms with E-state index in [9.17, 15) is 9.59 Å². The molecule has 0 aliphatic heterocycles.